The number of carbonyl (C=O) groups is 1. The minimum Gasteiger partial charge on any atom is -0.497 e. The number of piperidine rings is 1. The summed E-state index contributed by atoms with van der Waals surface area (Å²) in [7, 11) is 5.63. The fourth-order valence-corrected chi connectivity index (χ4v) is 3.85. The zero-order chi connectivity index (χ0) is 22.2. The van der Waals surface area contributed by atoms with Gasteiger partial charge >= 0.3 is 0 Å². The minimum atomic E-state index is -0.124. The van der Waals surface area contributed by atoms with E-state index in [1.165, 1.54) is 5.56 Å². The Morgan fingerprint density at radius 3 is 2.65 bits per heavy atom. The van der Waals surface area contributed by atoms with Crippen LogP contribution in [0.5, 0.6) is 11.5 Å². The van der Waals surface area contributed by atoms with Gasteiger partial charge < -0.3 is 19.7 Å². The van der Waals surface area contributed by atoms with Crippen LogP contribution in [0.4, 0.5) is 0 Å². The van der Waals surface area contributed by atoms with Gasteiger partial charge in [0.15, 0.2) is 0 Å². The van der Waals surface area contributed by atoms with Gasteiger partial charge in [-0.1, -0.05) is 23.7 Å². The summed E-state index contributed by atoms with van der Waals surface area (Å²) < 4.78 is 11.5. The fourth-order valence-electron chi connectivity index (χ4n) is 3.63. The van der Waals surface area contributed by atoms with E-state index in [4.69, 9.17) is 21.1 Å². The van der Waals surface area contributed by atoms with Crippen LogP contribution in [-0.4, -0.2) is 69.2 Å². The number of hydrogen-bond acceptors (Lipinski definition) is 5. The van der Waals surface area contributed by atoms with Crippen LogP contribution in [0.2, 0.25) is 5.02 Å². The molecule has 1 N–H and O–H groups in total. The molecule has 0 unspecified atom stereocenters. The fraction of sp³-hybridized carbons (Fsp3) is 0.458. The summed E-state index contributed by atoms with van der Waals surface area (Å²) in [6.45, 7) is 4.22. The summed E-state index contributed by atoms with van der Waals surface area (Å²) in [6.07, 6.45) is 2.00. The van der Waals surface area contributed by atoms with E-state index in [0.29, 0.717) is 22.9 Å². The normalized spacial score (nSPS) is 15.1. The molecule has 1 aliphatic heterocycles. The second kappa shape index (κ2) is 11.4. The molecule has 0 spiro atoms. The first-order valence-electron chi connectivity index (χ1n) is 10.7. The van der Waals surface area contributed by atoms with Gasteiger partial charge in [0.25, 0.3) is 5.91 Å². The molecule has 0 bridgehead atoms. The number of methoxy groups -OCH3 is 1. The highest BCUT2D eigenvalue weighted by molar-refractivity contribution is 6.32. The number of nitrogens with zero attached hydrogens (tertiary/aromatic N) is 2. The van der Waals surface area contributed by atoms with Gasteiger partial charge in [-0.15, -0.1) is 0 Å². The van der Waals surface area contributed by atoms with Crippen molar-refractivity contribution < 1.29 is 14.3 Å². The molecule has 7 heteroatoms. The number of ether oxygens (including phenoxy) is 2. The number of nitrogens with one attached hydrogen (secondary N) is 1. The first-order chi connectivity index (χ1) is 14.9. The van der Waals surface area contributed by atoms with Crippen LogP contribution < -0.4 is 14.8 Å². The lowest BCUT2D eigenvalue weighted by molar-refractivity contribution is 0.0948. The van der Waals surface area contributed by atoms with Crippen molar-refractivity contribution in [2.45, 2.75) is 25.5 Å². The molecule has 0 atom stereocenters. The van der Waals surface area contributed by atoms with Crippen molar-refractivity contribution in [3.8, 4) is 11.5 Å². The zero-order valence-electron chi connectivity index (χ0n) is 18.6. The number of benzene rings is 2. The predicted molar refractivity (Wildman–Crippen MR) is 124 cm³/mol. The topological polar surface area (TPSA) is 54.0 Å². The standard InChI is InChI=1S/C24H32ClN3O3/c1-27(2)14-11-26-24(29)19-7-8-23(22(25)16-19)31-20-9-12-28(13-10-20)17-18-5-4-6-21(15-18)30-3/h4-8,15-16,20H,9-14,17H2,1-3H3,(H,26,29). The second-order valence-electron chi connectivity index (χ2n) is 8.15. The molecular weight excluding hydrogens is 414 g/mol. The van der Waals surface area contributed by atoms with Gasteiger partial charge in [-0.05, 0) is 62.8 Å². The average molecular weight is 446 g/mol. The van der Waals surface area contributed by atoms with E-state index < -0.39 is 0 Å². The van der Waals surface area contributed by atoms with Crippen LogP contribution >= 0.6 is 11.6 Å². The molecule has 0 aliphatic carbocycles. The number of rotatable bonds is 9. The van der Waals surface area contributed by atoms with E-state index in [1.807, 2.05) is 31.1 Å². The van der Waals surface area contributed by atoms with Crippen molar-refractivity contribution in [2.24, 2.45) is 0 Å². The molecule has 0 saturated carbocycles. The highest BCUT2D eigenvalue weighted by Crippen LogP contribution is 2.29. The summed E-state index contributed by atoms with van der Waals surface area (Å²) in [5.74, 6) is 1.40. The first-order valence-corrected chi connectivity index (χ1v) is 11.1. The highest BCUT2D eigenvalue weighted by atomic mass is 35.5. The van der Waals surface area contributed by atoms with Crippen LogP contribution in [-0.2, 0) is 6.54 Å². The highest BCUT2D eigenvalue weighted by Gasteiger charge is 2.22. The Morgan fingerprint density at radius 1 is 1.19 bits per heavy atom. The van der Waals surface area contributed by atoms with Crippen molar-refractivity contribution in [3.63, 3.8) is 0 Å². The second-order valence-corrected chi connectivity index (χ2v) is 8.56. The van der Waals surface area contributed by atoms with E-state index in [1.54, 1.807) is 25.3 Å². The van der Waals surface area contributed by atoms with Crippen molar-refractivity contribution in [1.29, 1.82) is 0 Å². The Balaban J connectivity index is 1.48. The summed E-state index contributed by atoms with van der Waals surface area (Å²) in [5.41, 5.74) is 1.80. The Kier molecular flexibility index (Phi) is 8.58. The van der Waals surface area contributed by atoms with Gasteiger partial charge in [0.05, 0.1) is 12.1 Å². The van der Waals surface area contributed by atoms with E-state index in [0.717, 1.165) is 44.8 Å². The maximum atomic E-state index is 12.3. The van der Waals surface area contributed by atoms with Gasteiger partial charge in [-0.2, -0.15) is 0 Å². The lowest BCUT2D eigenvalue weighted by Gasteiger charge is -2.32. The molecule has 1 fully saturated rings. The monoisotopic (exact) mass is 445 g/mol. The maximum absolute atomic E-state index is 12.3. The third-order valence-corrected chi connectivity index (χ3v) is 5.70. The van der Waals surface area contributed by atoms with Crippen LogP contribution in [0.3, 0.4) is 0 Å². The van der Waals surface area contributed by atoms with Crippen LogP contribution in [0, 0.1) is 0 Å². The van der Waals surface area contributed by atoms with Crippen molar-refractivity contribution in [1.82, 2.24) is 15.1 Å². The molecule has 0 radical (unpaired) electrons. The third kappa shape index (κ3) is 7.13. The number of carbonyl (C=O) groups excluding carboxylic acids is 1. The molecule has 2 aromatic rings. The number of hydrogen-bond donors (Lipinski definition) is 1. The van der Waals surface area contributed by atoms with Crippen molar-refractivity contribution >= 4 is 17.5 Å². The van der Waals surface area contributed by atoms with E-state index >= 15 is 0 Å². The molecule has 1 saturated heterocycles. The summed E-state index contributed by atoms with van der Waals surface area (Å²) in [6, 6.07) is 13.4. The largest absolute Gasteiger partial charge is 0.497 e. The van der Waals surface area contributed by atoms with E-state index in [-0.39, 0.29) is 12.0 Å². The lowest BCUT2D eigenvalue weighted by atomic mass is 10.1. The maximum Gasteiger partial charge on any atom is 0.251 e. The molecule has 1 aliphatic rings. The van der Waals surface area contributed by atoms with Gasteiger partial charge in [0.2, 0.25) is 0 Å². The molecule has 1 amide bonds. The van der Waals surface area contributed by atoms with Crippen molar-refractivity contribution in [2.75, 3.05) is 47.4 Å². The zero-order valence-corrected chi connectivity index (χ0v) is 19.3. The Hall–Kier alpha value is -2.28. The SMILES string of the molecule is COc1cccc(CN2CCC(Oc3ccc(C(=O)NCCN(C)C)cc3Cl)CC2)c1. The summed E-state index contributed by atoms with van der Waals surface area (Å²) >= 11 is 6.41. The number of amides is 1. The smallest absolute Gasteiger partial charge is 0.251 e. The van der Waals surface area contributed by atoms with Gasteiger partial charge in [0.1, 0.15) is 17.6 Å². The molecule has 1 heterocycles. The molecule has 2 aromatic carbocycles. The van der Waals surface area contributed by atoms with Crippen LogP contribution in [0.1, 0.15) is 28.8 Å². The molecule has 3 rings (SSSR count). The first kappa shape index (κ1) is 23.4. The summed E-state index contributed by atoms with van der Waals surface area (Å²) in [5, 5.41) is 3.37. The van der Waals surface area contributed by atoms with Gasteiger partial charge in [-0.3, -0.25) is 9.69 Å². The minimum absolute atomic E-state index is 0.124. The number of likely N-dealkylation sites (tertiary alicyclic amines) is 1. The van der Waals surface area contributed by atoms with Crippen molar-refractivity contribution in [3.05, 3.63) is 58.6 Å². The quantitative estimate of drug-likeness (QED) is 0.638. The third-order valence-electron chi connectivity index (χ3n) is 5.41. The molecule has 168 valence electrons. The summed E-state index contributed by atoms with van der Waals surface area (Å²) in [4.78, 5) is 16.7. The predicted octanol–water partition coefficient (Wildman–Crippen LogP) is 3.68. The molecule has 6 nitrogen and oxygen atoms in total. The van der Waals surface area contributed by atoms with Gasteiger partial charge in [-0.25, -0.2) is 0 Å². The Bertz CT molecular complexity index is 867. The van der Waals surface area contributed by atoms with Gasteiger partial charge in [0, 0.05) is 38.3 Å². The average Bonchev–Trinajstić information content (AvgIpc) is 2.76. The molecule has 31 heavy (non-hydrogen) atoms. The Labute approximate surface area is 190 Å². The number of likely N-dealkylation sites (N-methyl/N-ethyl adjacent to an activating group) is 1. The molecular formula is C24H32ClN3O3. The van der Waals surface area contributed by atoms with E-state index in [2.05, 4.69) is 22.3 Å². The van der Waals surface area contributed by atoms with Crippen LogP contribution in [0.15, 0.2) is 42.5 Å². The lowest BCUT2D eigenvalue weighted by Crippen LogP contribution is -2.37. The van der Waals surface area contributed by atoms with E-state index in [9.17, 15) is 4.79 Å². The Morgan fingerprint density at radius 2 is 1.97 bits per heavy atom. The number of halogens is 1. The van der Waals surface area contributed by atoms with Crippen LogP contribution in [0.25, 0.3) is 0 Å². The molecule has 0 aromatic heterocycles.